The summed E-state index contributed by atoms with van der Waals surface area (Å²) >= 11 is 0. The van der Waals surface area contributed by atoms with Gasteiger partial charge in [0.05, 0.1) is 6.26 Å². The fraction of sp³-hybridized carbons (Fsp3) is 0.188. The van der Waals surface area contributed by atoms with Gasteiger partial charge in [0.1, 0.15) is 18.1 Å². The van der Waals surface area contributed by atoms with Gasteiger partial charge < -0.3 is 9.47 Å². The van der Waals surface area contributed by atoms with Gasteiger partial charge in [-0.2, -0.15) is 0 Å². The maximum atomic E-state index is 12.2. The van der Waals surface area contributed by atoms with Crippen molar-refractivity contribution in [1.82, 2.24) is 4.72 Å². The van der Waals surface area contributed by atoms with E-state index in [0.717, 1.165) is 6.26 Å². The van der Waals surface area contributed by atoms with Gasteiger partial charge in [0, 0.05) is 5.56 Å². The Hall–Kier alpha value is -2.75. The number of benzene rings is 2. The molecular formula is C16H14F3NO5S. The first kappa shape index (κ1) is 19.6. The number of hydrogen-bond acceptors (Lipinski definition) is 5. The zero-order valence-electron chi connectivity index (χ0n) is 13.4. The topological polar surface area (TPSA) is 81.7 Å². The summed E-state index contributed by atoms with van der Waals surface area (Å²) in [6.07, 6.45) is -3.92. The first-order chi connectivity index (χ1) is 12.0. The van der Waals surface area contributed by atoms with E-state index < -0.39 is 22.3 Å². The predicted octanol–water partition coefficient (Wildman–Crippen LogP) is 2.85. The molecule has 0 unspecified atom stereocenters. The molecule has 10 heteroatoms. The maximum Gasteiger partial charge on any atom is 0.573 e. The van der Waals surface area contributed by atoms with Gasteiger partial charge in [-0.3, -0.25) is 4.79 Å². The van der Waals surface area contributed by atoms with Crippen molar-refractivity contribution in [3.63, 3.8) is 0 Å². The zero-order valence-corrected chi connectivity index (χ0v) is 14.2. The molecule has 2 aromatic rings. The van der Waals surface area contributed by atoms with Gasteiger partial charge in [0.2, 0.25) is 10.0 Å². The second-order valence-electron chi connectivity index (χ2n) is 5.21. The molecule has 0 bridgehead atoms. The van der Waals surface area contributed by atoms with Crippen LogP contribution in [-0.4, -0.2) is 26.9 Å². The molecule has 6 nitrogen and oxygen atoms in total. The summed E-state index contributed by atoms with van der Waals surface area (Å²) < 4.78 is 69.7. The van der Waals surface area contributed by atoms with E-state index in [1.165, 1.54) is 42.5 Å². The number of rotatable bonds is 6. The Morgan fingerprint density at radius 1 is 1.08 bits per heavy atom. The third kappa shape index (κ3) is 6.63. The Kier molecular flexibility index (Phi) is 5.76. The SMILES string of the molecule is CS(=O)(=O)NC(=O)c1ccc(OCc2cccc(OC(F)(F)F)c2)cc1. The molecule has 0 aliphatic rings. The lowest BCUT2D eigenvalue weighted by molar-refractivity contribution is -0.274. The van der Waals surface area contributed by atoms with E-state index in [9.17, 15) is 26.4 Å². The fourth-order valence-corrected chi connectivity index (χ4v) is 2.38. The molecule has 26 heavy (non-hydrogen) atoms. The Morgan fingerprint density at radius 2 is 1.73 bits per heavy atom. The van der Waals surface area contributed by atoms with Crippen LogP contribution in [0.15, 0.2) is 48.5 Å². The van der Waals surface area contributed by atoms with Crippen LogP contribution in [0.5, 0.6) is 11.5 Å². The molecular weight excluding hydrogens is 375 g/mol. The third-order valence-electron chi connectivity index (χ3n) is 2.93. The van der Waals surface area contributed by atoms with Crippen LogP contribution in [0.2, 0.25) is 0 Å². The van der Waals surface area contributed by atoms with Gasteiger partial charge in [0.15, 0.2) is 0 Å². The summed E-state index contributed by atoms with van der Waals surface area (Å²) in [4.78, 5) is 11.7. The number of amides is 1. The number of ether oxygens (including phenoxy) is 2. The Bertz CT molecular complexity index is 880. The molecule has 0 saturated carbocycles. The monoisotopic (exact) mass is 389 g/mol. The van der Waals surface area contributed by atoms with E-state index in [-0.39, 0.29) is 17.9 Å². The molecule has 0 heterocycles. The predicted molar refractivity (Wildman–Crippen MR) is 86.2 cm³/mol. The van der Waals surface area contributed by atoms with Crippen molar-refractivity contribution in [2.24, 2.45) is 0 Å². The molecule has 1 N–H and O–H groups in total. The van der Waals surface area contributed by atoms with Crippen LogP contribution >= 0.6 is 0 Å². The Balaban J connectivity index is 1.98. The van der Waals surface area contributed by atoms with Crippen LogP contribution in [0.1, 0.15) is 15.9 Å². The fourth-order valence-electron chi connectivity index (χ4n) is 1.93. The molecule has 0 radical (unpaired) electrons. The molecule has 1 amide bonds. The highest BCUT2D eigenvalue weighted by Crippen LogP contribution is 2.24. The molecule has 0 saturated heterocycles. The molecule has 0 aromatic heterocycles. The molecule has 2 aromatic carbocycles. The first-order valence-corrected chi connectivity index (χ1v) is 9.01. The summed E-state index contributed by atoms with van der Waals surface area (Å²) in [5.41, 5.74) is 0.564. The largest absolute Gasteiger partial charge is 0.573 e. The number of nitrogens with one attached hydrogen (secondary N) is 1. The molecule has 140 valence electrons. The summed E-state index contributed by atoms with van der Waals surface area (Å²) in [5, 5.41) is 0. The van der Waals surface area contributed by atoms with E-state index in [4.69, 9.17) is 4.74 Å². The van der Waals surface area contributed by atoms with Crippen LogP contribution in [0.3, 0.4) is 0 Å². The Labute approximate surface area is 147 Å². The number of alkyl halides is 3. The number of sulfonamides is 1. The second-order valence-corrected chi connectivity index (χ2v) is 6.96. The van der Waals surface area contributed by atoms with Crippen molar-refractivity contribution in [1.29, 1.82) is 0 Å². The van der Waals surface area contributed by atoms with Gasteiger partial charge >= 0.3 is 6.36 Å². The molecule has 0 aliphatic heterocycles. The highest BCUT2D eigenvalue weighted by molar-refractivity contribution is 7.89. The van der Waals surface area contributed by atoms with Gasteiger partial charge in [-0.25, -0.2) is 13.1 Å². The van der Waals surface area contributed by atoms with E-state index >= 15 is 0 Å². The van der Waals surface area contributed by atoms with Gasteiger partial charge in [-0.1, -0.05) is 12.1 Å². The minimum absolute atomic E-state index is 0.0239. The van der Waals surface area contributed by atoms with E-state index in [1.54, 1.807) is 6.07 Å². The van der Waals surface area contributed by atoms with Crippen molar-refractivity contribution in [2.75, 3.05) is 6.26 Å². The average molecular weight is 389 g/mol. The number of carbonyl (C=O) groups excluding carboxylic acids is 1. The highest BCUT2D eigenvalue weighted by atomic mass is 32.2. The van der Waals surface area contributed by atoms with Crippen LogP contribution < -0.4 is 14.2 Å². The third-order valence-corrected chi connectivity index (χ3v) is 3.49. The molecule has 0 aliphatic carbocycles. The van der Waals surface area contributed by atoms with Crippen molar-refractivity contribution >= 4 is 15.9 Å². The lowest BCUT2D eigenvalue weighted by Gasteiger charge is -2.11. The summed E-state index contributed by atoms with van der Waals surface area (Å²) in [6.45, 7) is -0.0239. The minimum Gasteiger partial charge on any atom is -0.489 e. The number of hydrogen-bond donors (Lipinski definition) is 1. The Morgan fingerprint density at radius 3 is 2.31 bits per heavy atom. The lowest BCUT2D eigenvalue weighted by Crippen LogP contribution is -2.29. The van der Waals surface area contributed by atoms with Crippen molar-refractivity contribution in [3.8, 4) is 11.5 Å². The van der Waals surface area contributed by atoms with Crippen molar-refractivity contribution < 1.29 is 35.9 Å². The van der Waals surface area contributed by atoms with Gasteiger partial charge in [0.25, 0.3) is 5.91 Å². The normalized spacial score (nSPS) is 11.7. The van der Waals surface area contributed by atoms with Crippen LogP contribution in [0.25, 0.3) is 0 Å². The van der Waals surface area contributed by atoms with Crippen LogP contribution in [0, 0.1) is 0 Å². The summed E-state index contributed by atoms with van der Waals surface area (Å²) in [7, 11) is -3.67. The van der Waals surface area contributed by atoms with Crippen molar-refractivity contribution in [2.45, 2.75) is 13.0 Å². The van der Waals surface area contributed by atoms with Gasteiger partial charge in [-0.05, 0) is 42.0 Å². The van der Waals surface area contributed by atoms with E-state index in [2.05, 4.69) is 4.74 Å². The molecule has 0 fully saturated rings. The lowest BCUT2D eigenvalue weighted by atomic mass is 10.2. The second kappa shape index (κ2) is 7.65. The smallest absolute Gasteiger partial charge is 0.489 e. The standard InChI is InChI=1S/C16H14F3NO5S/c1-26(22,23)20-15(21)12-5-7-13(8-6-12)24-10-11-3-2-4-14(9-11)25-16(17,18)19/h2-9H,10H2,1H3,(H,20,21). The number of halogens is 3. The summed E-state index contributed by atoms with van der Waals surface area (Å²) in [6, 6.07) is 10.9. The van der Waals surface area contributed by atoms with E-state index in [0.29, 0.717) is 11.3 Å². The minimum atomic E-state index is -4.78. The van der Waals surface area contributed by atoms with Gasteiger partial charge in [-0.15, -0.1) is 13.2 Å². The molecule has 0 atom stereocenters. The van der Waals surface area contributed by atoms with Crippen molar-refractivity contribution in [3.05, 3.63) is 59.7 Å². The maximum absolute atomic E-state index is 12.2. The number of carbonyl (C=O) groups is 1. The van der Waals surface area contributed by atoms with Crippen LogP contribution in [0.4, 0.5) is 13.2 Å². The first-order valence-electron chi connectivity index (χ1n) is 7.11. The average Bonchev–Trinajstić information content (AvgIpc) is 2.50. The quantitative estimate of drug-likeness (QED) is 0.822. The highest BCUT2D eigenvalue weighted by Gasteiger charge is 2.31. The molecule has 0 spiro atoms. The zero-order chi connectivity index (χ0) is 19.4. The summed E-state index contributed by atoms with van der Waals surface area (Å²) in [5.74, 6) is -0.787. The van der Waals surface area contributed by atoms with Crippen LogP contribution in [-0.2, 0) is 16.6 Å². The van der Waals surface area contributed by atoms with E-state index in [1.807, 2.05) is 4.72 Å². The molecule has 2 rings (SSSR count).